The molecule has 9 heteroatoms. The maximum atomic E-state index is 13.3. The molecule has 0 spiro atoms. The number of rotatable bonds is 8. The second-order valence-electron chi connectivity index (χ2n) is 9.93. The molecule has 5 rings (SSSR count). The minimum atomic E-state index is -0.727. The van der Waals surface area contributed by atoms with Crippen LogP contribution in [0.3, 0.4) is 0 Å². The van der Waals surface area contributed by atoms with E-state index in [-0.39, 0.29) is 18.4 Å². The van der Waals surface area contributed by atoms with Gasteiger partial charge in [-0.25, -0.2) is 9.97 Å². The van der Waals surface area contributed by atoms with E-state index >= 15 is 0 Å². The van der Waals surface area contributed by atoms with E-state index in [0.29, 0.717) is 24.0 Å². The van der Waals surface area contributed by atoms with E-state index in [0.717, 1.165) is 54.1 Å². The molecule has 3 aromatic rings. The molecule has 0 saturated carbocycles. The van der Waals surface area contributed by atoms with Crippen molar-refractivity contribution in [3.63, 3.8) is 0 Å². The van der Waals surface area contributed by atoms with Crippen LogP contribution in [0.1, 0.15) is 53.0 Å². The normalized spacial score (nSPS) is 17.1. The summed E-state index contributed by atoms with van der Waals surface area (Å²) < 4.78 is 5.43. The van der Waals surface area contributed by atoms with E-state index in [1.54, 1.807) is 13.1 Å². The predicted octanol–water partition coefficient (Wildman–Crippen LogP) is 3.24. The summed E-state index contributed by atoms with van der Waals surface area (Å²) in [5.74, 6) is 0.155. The van der Waals surface area contributed by atoms with Crippen LogP contribution < -0.4 is 10.6 Å². The lowest BCUT2D eigenvalue weighted by atomic mass is 10.0. The molecule has 0 radical (unpaired) electrons. The molecule has 0 aliphatic carbocycles. The number of aromatic nitrogens is 2. The monoisotopic (exact) mass is 515 g/mol. The predicted molar refractivity (Wildman–Crippen MR) is 143 cm³/mol. The molecule has 2 aliphatic rings. The first-order chi connectivity index (χ1) is 18.4. The van der Waals surface area contributed by atoms with Gasteiger partial charge in [-0.1, -0.05) is 35.9 Å². The fourth-order valence-corrected chi connectivity index (χ4v) is 4.94. The summed E-state index contributed by atoms with van der Waals surface area (Å²) in [7, 11) is 0. The molecule has 9 nitrogen and oxygen atoms in total. The number of pyridine rings is 2. The number of hydrogen-bond acceptors (Lipinski definition) is 7. The van der Waals surface area contributed by atoms with Crippen molar-refractivity contribution in [3.8, 4) is 11.3 Å². The molecule has 2 atom stereocenters. The molecule has 1 fully saturated rings. The van der Waals surface area contributed by atoms with Gasteiger partial charge in [0.1, 0.15) is 17.6 Å². The van der Waals surface area contributed by atoms with Crippen LogP contribution in [0.5, 0.6) is 0 Å². The highest BCUT2D eigenvalue weighted by atomic mass is 16.5. The molecule has 1 saturated heterocycles. The SMILES string of the molecule is Cc1cccc(C(CO)NC(=O)C(C)N2Cc3ccc(-c4ccnc(NC5CCOCC5)c4)nc3C2=O)c1. The molecule has 0 bridgehead atoms. The third kappa shape index (κ3) is 5.54. The van der Waals surface area contributed by atoms with Gasteiger partial charge < -0.3 is 25.4 Å². The number of ether oxygens (including phenoxy) is 1. The van der Waals surface area contributed by atoms with Crippen molar-refractivity contribution in [2.45, 2.75) is 51.4 Å². The van der Waals surface area contributed by atoms with E-state index in [9.17, 15) is 14.7 Å². The summed E-state index contributed by atoms with van der Waals surface area (Å²) in [6.07, 6.45) is 3.60. The van der Waals surface area contributed by atoms with E-state index in [2.05, 4.69) is 20.6 Å². The van der Waals surface area contributed by atoms with E-state index < -0.39 is 12.1 Å². The van der Waals surface area contributed by atoms with Crippen LogP contribution in [0.4, 0.5) is 5.82 Å². The maximum absolute atomic E-state index is 13.3. The largest absolute Gasteiger partial charge is 0.394 e. The van der Waals surface area contributed by atoms with E-state index in [1.807, 2.05) is 55.5 Å². The molecule has 4 heterocycles. The van der Waals surface area contributed by atoms with Crippen LogP contribution in [0.2, 0.25) is 0 Å². The topological polar surface area (TPSA) is 117 Å². The van der Waals surface area contributed by atoms with Crippen molar-refractivity contribution >= 4 is 17.6 Å². The van der Waals surface area contributed by atoms with Gasteiger partial charge in [-0.3, -0.25) is 9.59 Å². The minimum Gasteiger partial charge on any atom is -0.394 e. The van der Waals surface area contributed by atoms with Gasteiger partial charge in [-0.2, -0.15) is 0 Å². The van der Waals surface area contributed by atoms with Gasteiger partial charge in [0.25, 0.3) is 5.91 Å². The van der Waals surface area contributed by atoms with Crippen molar-refractivity contribution in [2.75, 3.05) is 25.1 Å². The van der Waals surface area contributed by atoms with Crippen LogP contribution in [-0.2, 0) is 16.1 Å². The Kier molecular flexibility index (Phi) is 7.67. The number of aliphatic hydroxyl groups is 1. The van der Waals surface area contributed by atoms with Crippen molar-refractivity contribution in [3.05, 3.63) is 77.1 Å². The number of nitrogens with one attached hydrogen (secondary N) is 2. The Morgan fingerprint density at radius 1 is 1.18 bits per heavy atom. The van der Waals surface area contributed by atoms with Crippen molar-refractivity contribution < 1.29 is 19.4 Å². The Balaban J connectivity index is 1.28. The molecular weight excluding hydrogens is 482 g/mol. The van der Waals surface area contributed by atoms with Gasteiger partial charge in [0.15, 0.2) is 0 Å². The molecule has 2 aromatic heterocycles. The first-order valence-electron chi connectivity index (χ1n) is 13.0. The summed E-state index contributed by atoms with van der Waals surface area (Å²) in [6.45, 7) is 5.20. The fraction of sp³-hybridized carbons (Fsp3) is 0.379. The zero-order chi connectivity index (χ0) is 26.6. The number of fused-ring (bicyclic) bond motifs is 1. The summed E-state index contributed by atoms with van der Waals surface area (Å²) >= 11 is 0. The van der Waals surface area contributed by atoms with Gasteiger partial charge in [-0.05, 0) is 50.5 Å². The number of amides is 2. The molecule has 2 aliphatic heterocycles. The lowest BCUT2D eigenvalue weighted by Gasteiger charge is -2.26. The summed E-state index contributed by atoms with van der Waals surface area (Å²) in [4.78, 5) is 37.1. The summed E-state index contributed by atoms with van der Waals surface area (Å²) in [6, 6.07) is 14.3. The van der Waals surface area contributed by atoms with Crippen LogP contribution in [0.15, 0.2) is 54.7 Å². The van der Waals surface area contributed by atoms with Crippen LogP contribution >= 0.6 is 0 Å². The smallest absolute Gasteiger partial charge is 0.273 e. The molecule has 198 valence electrons. The van der Waals surface area contributed by atoms with Crippen LogP contribution in [0.25, 0.3) is 11.3 Å². The highest BCUT2D eigenvalue weighted by Gasteiger charge is 2.36. The van der Waals surface area contributed by atoms with Gasteiger partial charge >= 0.3 is 0 Å². The zero-order valence-corrected chi connectivity index (χ0v) is 21.7. The fourth-order valence-electron chi connectivity index (χ4n) is 4.94. The molecule has 3 N–H and O–H groups in total. The lowest BCUT2D eigenvalue weighted by molar-refractivity contribution is -0.126. The Morgan fingerprint density at radius 3 is 2.76 bits per heavy atom. The number of benzene rings is 1. The second kappa shape index (κ2) is 11.3. The Morgan fingerprint density at radius 2 is 2.00 bits per heavy atom. The van der Waals surface area contributed by atoms with Crippen molar-refractivity contribution in [2.24, 2.45) is 0 Å². The maximum Gasteiger partial charge on any atom is 0.273 e. The molecule has 2 amide bonds. The molecule has 2 unspecified atom stereocenters. The Hall–Kier alpha value is -3.82. The average molecular weight is 516 g/mol. The molecule has 1 aromatic carbocycles. The number of aliphatic hydroxyl groups excluding tert-OH is 1. The minimum absolute atomic E-state index is 0.238. The highest BCUT2D eigenvalue weighted by molar-refractivity contribution is 6.00. The first kappa shape index (κ1) is 25.8. The second-order valence-corrected chi connectivity index (χ2v) is 9.93. The number of hydrogen-bond donors (Lipinski definition) is 3. The van der Waals surface area contributed by atoms with E-state index in [4.69, 9.17) is 4.74 Å². The average Bonchev–Trinajstić information content (AvgIpc) is 3.27. The Bertz CT molecular complexity index is 1320. The van der Waals surface area contributed by atoms with Crippen molar-refractivity contribution in [1.82, 2.24) is 20.2 Å². The third-order valence-corrected chi connectivity index (χ3v) is 7.20. The number of anilines is 1. The summed E-state index contributed by atoms with van der Waals surface area (Å²) in [5.41, 5.74) is 4.53. The number of aryl methyl sites for hydroxylation is 1. The van der Waals surface area contributed by atoms with Crippen molar-refractivity contribution in [1.29, 1.82) is 0 Å². The quantitative estimate of drug-likeness (QED) is 0.422. The Labute approximate surface area is 222 Å². The van der Waals surface area contributed by atoms with Gasteiger partial charge in [0.05, 0.1) is 18.3 Å². The van der Waals surface area contributed by atoms with E-state index in [1.165, 1.54) is 4.90 Å². The summed E-state index contributed by atoms with van der Waals surface area (Å²) in [5, 5.41) is 16.2. The number of nitrogens with zero attached hydrogens (tertiary/aromatic N) is 3. The van der Waals surface area contributed by atoms with Crippen LogP contribution in [0, 0.1) is 6.92 Å². The zero-order valence-electron chi connectivity index (χ0n) is 21.7. The molecular formula is C29H33N5O4. The van der Waals surface area contributed by atoms with Gasteiger partial charge in [0.2, 0.25) is 5.91 Å². The van der Waals surface area contributed by atoms with Crippen LogP contribution in [-0.4, -0.2) is 63.7 Å². The standard InChI is InChI=1S/C29H33N5O4/c1-18-4-3-5-20(14-18)25(17-35)33-28(36)19(2)34-16-22-6-7-24(32-27(22)29(34)37)21-8-11-30-26(15-21)31-23-9-12-38-13-10-23/h3-8,11,14-15,19,23,25,35H,9-10,12-13,16-17H2,1-2H3,(H,30,31)(H,33,36). The lowest BCUT2D eigenvalue weighted by Crippen LogP contribution is -2.46. The van der Waals surface area contributed by atoms with Gasteiger partial charge in [-0.15, -0.1) is 0 Å². The molecule has 38 heavy (non-hydrogen) atoms. The number of carbonyl (C=O) groups is 2. The first-order valence-corrected chi connectivity index (χ1v) is 13.0. The van der Waals surface area contributed by atoms with Gasteiger partial charge in [0, 0.05) is 43.1 Å². The highest BCUT2D eigenvalue weighted by Crippen LogP contribution is 2.28. The third-order valence-electron chi connectivity index (χ3n) is 7.20. The number of carbonyl (C=O) groups excluding carboxylic acids is 2.